The molecule has 0 unspecified atom stereocenters. The van der Waals surface area contributed by atoms with Gasteiger partial charge in [-0.1, -0.05) is 16.8 Å². The Morgan fingerprint density at radius 1 is 1.13 bits per heavy atom. The van der Waals surface area contributed by atoms with Gasteiger partial charge in [-0.2, -0.15) is 0 Å². The van der Waals surface area contributed by atoms with E-state index in [1.54, 1.807) is 6.07 Å². The summed E-state index contributed by atoms with van der Waals surface area (Å²) in [6.07, 6.45) is 6.10. The van der Waals surface area contributed by atoms with Gasteiger partial charge in [0.1, 0.15) is 35.7 Å². The molecule has 4 heterocycles. The first-order valence-electron chi connectivity index (χ1n) is 10.0. The first kappa shape index (κ1) is 17.9. The Bertz CT molecular complexity index is 1280. The van der Waals surface area contributed by atoms with Gasteiger partial charge in [0, 0.05) is 34.2 Å². The lowest BCUT2D eigenvalue weighted by molar-refractivity contribution is 0.189. The zero-order chi connectivity index (χ0) is 20.2. The quantitative estimate of drug-likeness (QED) is 0.515. The first-order chi connectivity index (χ1) is 14.7. The topological polar surface area (TPSA) is 94.4 Å². The molecule has 0 radical (unpaired) electrons. The van der Waals surface area contributed by atoms with Crippen molar-refractivity contribution in [1.82, 2.24) is 15.1 Å². The normalized spacial score (nSPS) is 17.7. The minimum absolute atomic E-state index is 0.210. The van der Waals surface area contributed by atoms with Gasteiger partial charge in [0.05, 0.1) is 5.69 Å². The van der Waals surface area contributed by atoms with Gasteiger partial charge in [-0.15, -0.1) is 0 Å². The van der Waals surface area contributed by atoms with Gasteiger partial charge >= 0.3 is 0 Å². The van der Waals surface area contributed by atoms with Gasteiger partial charge in [0.25, 0.3) is 0 Å². The summed E-state index contributed by atoms with van der Waals surface area (Å²) in [6, 6.07) is 5.44. The van der Waals surface area contributed by atoms with Crippen molar-refractivity contribution in [3.05, 3.63) is 57.9 Å². The van der Waals surface area contributed by atoms with Gasteiger partial charge in [0.15, 0.2) is 17.4 Å². The number of ether oxygens (including phenoxy) is 1. The summed E-state index contributed by atoms with van der Waals surface area (Å²) in [5.74, 6) is 1.96. The number of rotatable bonds is 3. The molecule has 1 aliphatic heterocycles. The predicted molar refractivity (Wildman–Crippen MR) is 108 cm³/mol. The van der Waals surface area contributed by atoms with Crippen molar-refractivity contribution in [3.8, 4) is 17.0 Å². The van der Waals surface area contributed by atoms with Gasteiger partial charge in [-0.05, 0) is 37.8 Å². The van der Waals surface area contributed by atoms with E-state index in [1.807, 2.05) is 12.1 Å². The number of aliphatic hydroxyl groups excluding tert-OH is 1. The first-order valence-corrected chi connectivity index (χ1v) is 10.4. The molecule has 1 atom stereocenters. The smallest absolute Gasteiger partial charge is 0.181 e. The molecular weight excluding hydrogens is 406 g/mol. The maximum atomic E-state index is 9.43. The number of aromatic nitrogens is 3. The Morgan fingerprint density at radius 3 is 2.93 bits per heavy atom. The molecule has 0 amide bonds. The lowest BCUT2D eigenvalue weighted by atomic mass is 9.93. The average Bonchev–Trinajstić information content (AvgIpc) is 3.48. The molecule has 8 heteroatoms. The summed E-state index contributed by atoms with van der Waals surface area (Å²) >= 11 is 6.44. The van der Waals surface area contributed by atoms with E-state index < -0.39 is 0 Å². The van der Waals surface area contributed by atoms with E-state index in [0.717, 1.165) is 48.3 Å². The molecule has 0 bridgehead atoms. The standard InChI is InChI=1S/C22H18ClN3O4/c23-12-5-11-6-18(21-14-3-1-2-4-16(14)26-30-21)29-20(11)15(7-12)19-22-17(24-10-25-19)8-13(9-27)28-22/h5,7-8,10,18,27H,1-4,6,9H2/t18-/m1/s1. The Kier molecular flexibility index (Phi) is 4.07. The van der Waals surface area contributed by atoms with Crippen molar-refractivity contribution < 1.29 is 18.8 Å². The number of hydrogen-bond donors (Lipinski definition) is 1. The number of fused-ring (bicyclic) bond motifs is 3. The Hall–Kier alpha value is -2.90. The second-order valence-electron chi connectivity index (χ2n) is 7.74. The van der Waals surface area contributed by atoms with Crippen LogP contribution in [0.15, 0.2) is 33.5 Å². The van der Waals surface area contributed by atoms with Crippen molar-refractivity contribution in [2.75, 3.05) is 0 Å². The van der Waals surface area contributed by atoms with E-state index in [0.29, 0.717) is 39.7 Å². The molecule has 1 N–H and O–H groups in total. The lowest BCUT2D eigenvalue weighted by Gasteiger charge is -2.14. The fraction of sp³-hybridized carbons (Fsp3) is 0.318. The van der Waals surface area contributed by atoms with E-state index >= 15 is 0 Å². The minimum Gasteiger partial charge on any atom is -0.481 e. The number of aryl methyl sites for hydroxylation is 1. The molecule has 0 saturated carbocycles. The van der Waals surface area contributed by atoms with Crippen molar-refractivity contribution in [2.45, 2.75) is 44.8 Å². The van der Waals surface area contributed by atoms with Crippen LogP contribution < -0.4 is 4.74 Å². The Morgan fingerprint density at radius 2 is 2.03 bits per heavy atom. The highest BCUT2D eigenvalue weighted by molar-refractivity contribution is 6.31. The fourth-order valence-electron chi connectivity index (χ4n) is 4.49. The summed E-state index contributed by atoms with van der Waals surface area (Å²) in [6.45, 7) is -0.210. The maximum Gasteiger partial charge on any atom is 0.181 e. The summed E-state index contributed by atoms with van der Waals surface area (Å²) in [4.78, 5) is 8.68. The third kappa shape index (κ3) is 2.73. The number of furan rings is 1. The maximum absolute atomic E-state index is 9.43. The third-order valence-electron chi connectivity index (χ3n) is 5.85. The Balaban J connectivity index is 1.45. The van der Waals surface area contributed by atoms with Crippen molar-refractivity contribution in [1.29, 1.82) is 0 Å². The highest BCUT2D eigenvalue weighted by Crippen LogP contribution is 2.47. The van der Waals surface area contributed by atoms with E-state index in [9.17, 15) is 5.11 Å². The predicted octanol–water partition coefficient (Wildman–Crippen LogP) is 4.58. The zero-order valence-electron chi connectivity index (χ0n) is 16.0. The van der Waals surface area contributed by atoms with Crippen LogP contribution in [0, 0.1) is 0 Å². The molecule has 0 saturated heterocycles. The zero-order valence-corrected chi connectivity index (χ0v) is 16.8. The number of nitrogens with zero attached hydrogens (tertiary/aromatic N) is 3. The molecule has 1 aromatic carbocycles. The van der Waals surface area contributed by atoms with E-state index in [2.05, 4.69) is 15.1 Å². The van der Waals surface area contributed by atoms with E-state index in [-0.39, 0.29) is 12.7 Å². The summed E-state index contributed by atoms with van der Waals surface area (Å²) in [7, 11) is 0. The van der Waals surface area contributed by atoms with Crippen LogP contribution in [0.4, 0.5) is 0 Å². The van der Waals surface area contributed by atoms with Crippen molar-refractivity contribution in [2.24, 2.45) is 0 Å². The van der Waals surface area contributed by atoms with Gasteiger partial charge in [0.2, 0.25) is 0 Å². The Labute approximate surface area is 176 Å². The minimum atomic E-state index is -0.242. The fourth-order valence-corrected chi connectivity index (χ4v) is 4.73. The molecule has 1 aliphatic carbocycles. The molecule has 30 heavy (non-hydrogen) atoms. The number of benzene rings is 1. The third-order valence-corrected chi connectivity index (χ3v) is 6.07. The highest BCUT2D eigenvalue weighted by atomic mass is 35.5. The van der Waals surface area contributed by atoms with Crippen LogP contribution in [-0.2, 0) is 25.9 Å². The van der Waals surface area contributed by atoms with Crippen molar-refractivity contribution in [3.63, 3.8) is 0 Å². The molecule has 7 nitrogen and oxygen atoms in total. The monoisotopic (exact) mass is 423 g/mol. The second kappa shape index (κ2) is 6.82. The SMILES string of the molecule is OCc1cc2ncnc(-c3cc(Cl)cc4c3O[C@@H](c3onc5c3CCCC5)C4)c2o1. The molecule has 6 rings (SSSR count). The molecular formula is C22H18ClN3O4. The van der Waals surface area contributed by atoms with Crippen LogP contribution >= 0.6 is 11.6 Å². The largest absolute Gasteiger partial charge is 0.481 e. The molecule has 4 aromatic rings. The van der Waals surface area contributed by atoms with Crippen LogP contribution in [0.1, 0.15) is 47.3 Å². The van der Waals surface area contributed by atoms with Crippen LogP contribution in [0.5, 0.6) is 5.75 Å². The van der Waals surface area contributed by atoms with E-state index in [4.69, 9.17) is 25.3 Å². The number of aliphatic hydroxyl groups is 1. The number of hydrogen-bond acceptors (Lipinski definition) is 7. The lowest BCUT2D eigenvalue weighted by Crippen LogP contribution is -2.08. The summed E-state index contributed by atoms with van der Waals surface area (Å²) in [5, 5.41) is 14.3. The van der Waals surface area contributed by atoms with Crippen LogP contribution in [0.3, 0.4) is 0 Å². The molecule has 2 aliphatic rings. The van der Waals surface area contributed by atoms with Crippen molar-refractivity contribution >= 4 is 22.7 Å². The summed E-state index contributed by atoms with van der Waals surface area (Å²) in [5.41, 5.74) is 5.67. The summed E-state index contributed by atoms with van der Waals surface area (Å²) < 4.78 is 17.9. The molecule has 0 spiro atoms. The van der Waals surface area contributed by atoms with Gasteiger partial charge < -0.3 is 18.8 Å². The molecule has 3 aromatic heterocycles. The molecule has 152 valence electrons. The van der Waals surface area contributed by atoms with Gasteiger partial charge in [-0.3, -0.25) is 0 Å². The second-order valence-corrected chi connectivity index (χ2v) is 8.18. The average molecular weight is 424 g/mol. The van der Waals surface area contributed by atoms with E-state index in [1.165, 1.54) is 11.9 Å². The van der Waals surface area contributed by atoms with Gasteiger partial charge in [-0.25, -0.2) is 9.97 Å². The van der Waals surface area contributed by atoms with Crippen LogP contribution in [0.25, 0.3) is 22.4 Å². The highest BCUT2D eigenvalue weighted by Gasteiger charge is 2.34. The molecule has 0 fully saturated rings. The van der Waals surface area contributed by atoms with Crippen LogP contribution in [-0.4, -0.2) is 20.2 Å². The number of halogens is 1. The van der Waals surface area contributed by atoms with Crippen LogP contribution in [0.2, 0.25) is 5.02 Å².